The normalized spacial score (nSPS) is 21.1. The number of aliphatic hydroxyl groups is 1. The van der Waals surface area contributed by atoms with E-state index in [0.29, 0.717) is 13.1 Å². The second-order valence-electron chi connectivity index (χ2n) is 4.34. The summed E-state index contributed by atoms with van der Waals surface area (Å²) in [6.45, 7) is 2.98. The fourth-order valence-corrected chi connectivity index (χ4v) is 1.65. The molecule has 1 unspecified atom stereocenters. The molecule has 1 fully saturated rings. The van der Waals surface area contributed by atoms with Crippen LogP contribution in [-0.4, -0.2) is 30.7 Å². The molecule has 0 aliphatic heterocycles. The van der Waals surface area contributed by atoms with Crippen LogP contribution in [0.5, 0.6) is 0 Å². The highest BCUT2D eigenvalue weighted by Crippen LogP contribution is 2.39. The molecular formula is C10H20N2O2. The van der Waals surface area contributed by atoms with Crippen molar-refractivity contribution in [3.8, 4) is 0 Å². The summed E-state index contributed by atoms with van der Waals surface area (Å²) in [5.41, 5.74) is 5.30. The predicted octanol–water partition coefficient (Wildman–Crippen LogP) is -0.140. The van der Waals surface area contributed by atoms with Crippen LogP contribution in [0.3, 0.4) is 0 Å². The van der Waals surface area contributed by atoms with E-state index < -0.39 is 0 Å². The van der Waals surface area contributed by atoms with Gasteiger partial charge in [-0.15, -0.1) is 0 Å². The second-order valence-corrected chi connectivity index (χ2v) is 4.34. The minimum absolute atomic E-state index is 0.0616. The maximum absolute atomic E-state index is 11.7. The van der Waals surface area contributed by atoms with E-state index in [0.717, 1.165) is 19.3 Å². The third kappa shape index (κ3) is 2.25. The topological polar surface area (TPSA) is 75.3 Å². The molecule has 0 heterocycles. The van der Waals surface area contributed by atoms with E-state index in [-0.39, 0.29) is 23.8 Å². The van der Waals surface area contributed by atoms with Crippen LogP contribution in [0.25, 0.3) is 0 Å². The van der Waals surface area contributed by atoms with Crippen LogP contribution in [0.1, 0.15) is 26.2 Å². The van der Waals surface area contributed by atoms with Crippen LogP contribution < -0.4 is 11.1 Å². The Kier molecular flexibility index (Phi) is 3.89. The molecule has 0 aromatic heterocycles. The van der Waals surface area contributed by atoms with Crippen LogP contribution in [-0.2, 0) is 4.79 Å². The summed E-state index contributed by atoms with van der Waals surface area (Å²) in [7, 11) is 0. The number of amides is 1. The lowest BCUT2D eigenvalue weighted by Gasteiger charge is -2.39. The molecule has 0 bridgehead atoms. The van der Waals surface area contributed by atoms with Gasteiger partial charge >= 0.3 is 0 Å². The summed E-state index contributed by atoms with van der Waals surface area (Å²) in [4.78, 5) is 11.7. The Labute approximate surface area is 84.9 Å². The molecule has 1 atom stereocenters. The van der Waals surface area contributed by atoms with Crippen molar-refractivity contribution in [2.45, 2.75) is 26.2 Å². The van der Waals surface area contributed by atoms with E-state index in [9.17, 15) is 4.79 Å². The molecular weight excluding hydrogens is 180 g/mol. The van der Waals surface area contributed by atoms with Crippen LogP contribution >= 0.6 is 0 Å². The highest BCUT2D eigenvalue weighted by Gasteiger charge is 2.42. The first-order valence-corrected chi connectivity index (χ1v) is 5.24. The molecule has 0 spiro atoms. The van der Waals surface area contributed by atoms with Crippen molar-refractivity contribution in [3.05, 3.63) is 0 Å². The van der Waals surface area contributed by atoms with E-state index in [1.54, 1.807) is 0 Å². The van der Waals surface area contributed by atoms with Crippen molar-refractivity contribution >= 4 is 5.91 Å². The first kappa shape index (κ1) is 11.5. The van der Waals surface area contributed by atoms with E-state index in [1.165, 1.54) is 0 Å². The number of carbonyl (C=O) groups excluding carboxylic acids is 1. The monoisotopic (exact) mass is 200 g/mol. The zero-order valence-electron chi connectivity index (χ0n) is 8.75. The third-order valence-electron chi connectivity index (χ3n) is 3.11. The molecule has 82 valence electrons. The van der Waals surface area contributed by atoms with Gasteiger partial charge in [-0.1, -0.05) is 13.3 Å². The standard InChI is InChI=1S/C10H20N2O2/c1-8(6-13)5-12-9(14)10(7-11)3-2-4-10/h8,13H,2-7,11H2,1H3,(H,12,14). The maximum atomic E-state index is 11.7. The van der Waals surface area contributed by atoms with Gasteiger partial charge in [-0.05, 0) is 18.8 Å². The van der Waals surface area contributed by atoms with E-state index in [2.05, 4.69) is 5.32 Å². The molecule has 14 heavy (non-hydrogen) atoms. The smallest absolute Gasteiger partial charge is 0.227 e. The summed E-state index contributed by atoms with van der Waals surface area (Å²) < 4.78 is 0. The lowest BCUT2D eigenvalue weighted by molar-refractivity contribution is -0.135. The number of rotatable bonds is 5. The van der Waals surface area contributed by atoms with Crippen molar-refractivity contribution in [2.75, 3.05) is 19.7 Å². The Morgan fingerprint density at radius 3 is 2.64 bits per heavy atom. The van der Waals surface area contributed by atoms with Crippen LogP contribution in [0.2, 0.25) is 0 Å². The van der Waals surface area contributed by atoms with Gasteiger partial charge in [0.05, 0.1) is 5.41 Å². The molecule has 1 amide bonds. The fraction of sp³-hybridized carbons (Fsp3) is 0.900. The van der Waals surface area contributed by atoms with Crippen LogP contribution in [0.4, 0.5) is 0 Å². The number of nitrogens with one attached hydrogen (secondary N) is 1. The first-order valence-electron chi connectivity index (χ1n) is 5.24. The van der Waals surface area contributed by atoms with Gasteiger partial charge in [0.2, 0.25) is 5.91 Å². The Hall–Kier alpha value is -0.610. The minimum atomic E-state index is -0.296. The number of hydrogen-bond donors (Lipinski definition) is 3. The van der Waals surface area contributed by atoms with Gasteiger partial charge in [-0.25, -0.2) is 0 Å². The lowest BCUT2D eigenvalue weighted by atomic mass is 9.68. The quantitative estimate of drug-likeness (QED) is 0.578. The Balaban J connectivity index is 2.34. The van der Waals surface area contributed by atoms with Gasteiger partial charge in [0.1, 0.15) is 0 Å². The average Bonchev–Trinajstić information content (AvgIpc) is 2.13. The van der Waals surface area contributed by atoms with E-state index in [4.69, 9.17) is 10.8 Å². The molecule has 1 rings (SSSR count). The van der Waals surface area contributed by atoms with Gasteiger partial charge in [0.15, 0.2) is 0 Å². The van der Waals surface area contributed by atoms with Crippen LogP contribution in [0.15, 0.2) is 0 Å². The molecule has 4 nitrogen and oxygen atoms in total. The molecule has 0 radical (unpaired) electrons. The fourth-order valence-electron chi connectivity index (χ4n) is 1.65. The molecule has 4 heteroatoms. The average molecular weight is 200 g/mol. The largest absolute Gasteiger partial charge is 0.396 e. The molecule has 0 saturated heterocycles. The Morgan fingerprint density at radius 1 is 1.64 bits per heavy atom. The first-order chi connectivity index (χ1) is 6.64. The van der Waals surface area contributed by atoms with Gasteiger partial charge in [0.25, 0.3) is 0 Å². The van der Waals surface area contributed by atoms with Gasteiger partial charge in [0, 0.05) is 19.7 Å². The number of hydrogen-bond acceptors (Lipinski definition) is 3. The van der Waals surface area contributed by atoms with Gasteiger partial charge in [-0.2, -0.15) is 0 Å². The Morgan fingerprint density at radius 2 is 2.29 bits per heavy atom. The predicted molar refractivity (Wildman–Crippen MR) is 54.6 cm³/mol. The molecule has 1 aliphatic rings. The van der Waals surface area contributed by atoms with E-state index in [1.807, 2.05) is 6.92 Å². The van der Waals surface area contributed by atoms with Crippen molar-refractivity contribution in [1.82, 2.24) is 5.32 Å². The van der Waals surface area contributed by atoms with Crippen molar-refractivity contribution in [1.29, 1.82) is 0 Å². The van der Waals surface area contributed by atoms with Crippen molar-refractivity contribution < 1.29 is 9.90 Å². The van der Waals surface area contributed by atoms with Crippen molar-refractivity contribution in [2.24, 2.45) is 17.1 Å². The SMILES string of the molecule is CC(CO)CNC(=O)C1(CN)CCC1. The zero-order chi connectivity index (χ0) is 10.6. The molecule has 4 N–H and O–H groups in total. The third-order valence-corrected chi connectivity index (χ3v) is 3.11. The Bertz CT molecular complexity index is 197. The van der Waals surface area contributed by atoms with Crippen molar-refractivity contribution in [3.63, 3.8) is 0 Å². The van der Waals surface area contributed by atoms with Crippen LogP contribution in [0, 0.1) is 11.3 Å². The van der Waals surface area contributed by atoms with E-state index >= 15 is 0 Å². The molecule has 1 aliphatic carbocycles. The summed E-state index contributed by atoms with van der Waals surface area (Å²) in [5, 5.41) is 11.7. The number of carbonyl (C=O) groups is 1. The van der Waals surface area contributed by atoms with Gasteiger partial charge < -0.3 is 16.2 Å². The molecule has 1 saturated carbocycles. The minimum Gasteiger partial charge on any atom is -0.396 e. The summed E-state index contributed by atoms with van der Waals surface area (Å²) in [6, 6.07) is 0. The molecule has 0 aromatic carbocycles. The molecule has 0 aromatic rings. The highest BCUT2D eigenvalue weighted by atomic mass is 16.3. The second kappa shape index (κ2) is 4.75. The highest BCUT2D eigenvalue weighted by molar-refractivity contribution is 5.83. The summed E-state index contributed by atoms with van der Waals surface area (Å²) in [6.07, 6.45) is 2.91. The zero-order valence-corrected chi connectivity index (χ0v) is 8.75. The van der Waals surface area contributed by atoms with Gasteiger partial charge in [-0.3, -0.25) is 4.79 Å². The maximum Gasteiger partial charge on any atom is 0.227 e. The number of aliphatic hydroxyl groups excluding tert-OH is 1. The number of nitrogens with two attached hydrogens (primary N) is 1. The summed E-state index contributed by atoms with van der Waals surface area (Å²) in [5.74, 6) is 0.181. The summed E-state index contributed by atoms with van der Waals surface area (Å²) >= 11 is 0. The lowest BCUT2D eigenvalue weighted by Crippen LogP contribution is -2.51.